The van der Waals surface area contributed by atoms with Crippen LogP contribution in [0.4, 0.5) is 0 Å². The molecule has 0 saturated carbocycles. The fraction of sp³-hybridized carbons (Fsp3) is 0.261. The Morgan fingerprint density at radius 3 is 1.77 bits per heavy atom. The maximum Gasteiger partial charge on any atom is 0.271 e. The lowest BCUT2D eigenvalue weighted by Gasteiger charge is -2.17. The minimum atomic E-state index is -0.231. The molecule has 0 bridgehead atoms. The fourth-order valence-electron chi connectivity index (χ4n) is 2.50. The van der Waals surface area contributed by atoms with Crippen LogP contribution in [-0.4, -0.2) is 34.1 Å². The molecule has 2 unspecified atom stereocenters. The zero-order valence-corrected chi connectivity index (χ0v) is 23.1. The Balaban J connectivity index is 0.000000251. The van der Waals surface area contributed by atoms with E-state index >= 15 is 0 Å². The van der Waals surface area contributed by atoms with E-state index in [4.69, 9.17) is 79.4 Å². The van der Waals surface area contributed by atoms with Gasteiger partial charge >= 0.3 is 0 Å². The molecule has 2 aromatic carbocycles. The Bertz CT molecular complexity index is 1050. The average Bonchev–Trinajstić information content (AvgIpc) is 2.81. The minimum Gasteiger partial charge on any atom is -0.451 e. The van der Waals surface area contributed by atoms with Gasteiger partial charge < -0.3 is 15.2 Å². The molecule has 0 aliphatic carbocycles. The molecule has 1 heterocycles. The van der Waals surface area contributed by atoms with Crippen LogP contribution in [0.1, 0.15) is 24.3 Å². The molecule has 1 amide bonds. The number of hydrogen-bond acceptors (Lipinski definition) is 5. The zero-order chi connectivity index (χ0) is 26.1. The highest BCUT2D eigenvalue weighted by Gasteiger charge is 2.16. The van der Waals surface area contributed by atoms with Gasteiger partial charge in [-0.3, -0.25) is 9.78 Å². The van der Waals surface area contributed by atoms with Gasteiger partial charge in [0.25, 0.3) is 5.91 Å². The highest BCUT2D eigenvalue weighted by atomic mass is 35.5. The molecule has 6 nitrogen and oxygen atoms in total. The molecule has 3 aromatic rings. The van der Waals surface area contributed by atoms with Gasteiger partial charge in [-0.25, -0.2) is 4.98 Å². The molecule has 188 valence electrons. The third-order valence-electron chi connectivity index (χ3n) is 4.77. The number of benzene rings is 2. The summed E-state index contributed by atoms with van der Waals surface area (Å²) in [4.78, 5) is 19.3. The second-order valence-electron chi connectivity index (χ2n) is 7.44. The number of nitrogens with one attached hydrogen (secondary N) is 1. The molecule has 12 heteroatoms. The van der Waals surface area contributed by atoms with E-state index in [1.54, 1.807) is 0 Å². The molecular formula is C23H21Cl6N3O3. The van der Waals surface area contributed by atoms with Gasteiger partial charge in [0.1, 0.15) is 5.69 Å². The lowest BCUT2D eigenvalue weighted by Crippen LogP contribution is -2.32. The summed E-state index contributed by atoms with van der Waals surface area (Å²) in [5.41, 5.74) is 0.311. The van der Waals surface area contributed by atoms with Crippen LogP contribution in [0, 0.1) is 11.8 Å². The van der Waals surface area contributed by atoms with Crippen LogP contribution in [0.2, 0.25) is 30.1 Å². The summed E-state index contributed by atoms with van der Waals surface area (Å²) in [7, 11) is 0. The second-order valence-corrected chi connectivity index (χ2v) is 9.94. The molecule has 0 saturated heterocycles. The Hall–Kier alpha value is -1.51. The standard InChI is InChI=1S/C12H4Cl6O.C11H17N3O2/c13-5-1-7(15)11(8(16)2-5)19-12-9(17)3-6(14)4-10(12)18;1-8(9(2)7-15)5-14-11(16)10-6-12-3-4-13-10/h1-4H;3-4,6,8-9,15H,5,7H2,1-2H3,(H,14,16). The number of aliphatic hydroxyl groups is 1. The highest BCUT2D eigenvalue weighted by molar-refractivity contribution is 6.41. The topological polar surface area (TPSA) is 84.3 Å². The maximum atomic E-state index is 11.6. The second kappa shape index (κ2) is 14.3. The monoisotopic (exact) mass is 597 g/mol. The number of nitrogens with zero attached hydrogens (tertiary/aromatic N) is 2. The predicted molar refractivity (Wildman–Crippen MR) is 143 cm³/mol. The quantitative estimate of drug-likeness (QED) is 0.289. The van der Waals surface area contributed by atoms with Gasteiger partial charge in [0, 0.05) is 35.6 Å². The lowest BCUT2D eigenvalue weighted by atomic mass is 9.97. The van der Waals surface area contributed by atoms with Crippen LogP contribution in [0.3, 0.4) is 0 Å². The van der Waals surface area contributed by atoms with E-state index in [9.17, 15) is 4.79 Å². The van der Waals surface area contributed by atoms with Crippen molar-refractivity contribution in [2.75, 3.05) is 13.2 Å². The molecular weight excluding hydrogens is 579 g/mol. The molecule has 0 aliphatic heterocycles. The Kier molecular flexibility index (Phi) is 12.1. The van der Waals surface area contributed by atoms with Gasteiger partial charge in [0.15, 0.2) is 11.5 Å². The Morgan fingerprint density at radius 1 is 0.886 bits per heavy atom. The summed E-state index contributed by atoms with van der Waals surface area (Å²) in [6.45, 7) is 4.58. The summed E-state index contributed by atoms with van der Waals surface area (Å²) >= 11 is 35.7. The van der Waals surface area contributed by atoms with E-state index in [1.807, 2.05) is 13.8 Å². The summed E-state index contributed by atoms with van der Waals surface area (Å²) in [6.07, 6.45) is 4.43. The SMILES string of the molecule is CC(CO)C(C)CNC(=O)c1cnccn1.Clc1cc(Cl)c(Oc2c(Cl)cc(Cl)cc2Cl)c(Cl)c1. The van der Waals surface area contributed by atoms with E-state index in [0.717, 1.165) is 0 Å². The molecule has 3 rings (SSSR count). The van der Waals surface area contributed by atoms with Crippen molar-refractivity contribution in [3.05, 3.63) is 78.7 Å². The van der Waals surface area contributed by atoms with Crippen LogP contribution in [0.5, 0.6) is 11.5 Å². The van der Waals surface area contributed by atoms with Crippen LogP contribution in [-0.2, 0) is 0 Å². The molecule has 0 radical (unpaired) electrons. The van der Waals surface area contributed by atoms with Crippen LogP contribution in [0.25, 0.3) is 0 Å². The van der Waals surface area contributed by atoms with E-state index in [2.05, 4.69) is 15.3 Å². The van der Waals surface area contributed by atoms with E-state index in [0.29, 0.717) is 22.3 Å². The number of hydrogen-bond donors (Lipinski definition) is 2. The summed E-state index contributed by atoms with van der Waals surface area (Å²) in [5, 5.41) is 13.5. The average molecular weight is 600 g/mol. The fourth-order valence-corrected chi connectivity index (χ4v) is 4.28. The van der Waals surface area contributed by atoms with Crippen molar-refractivity contribution in [3.8, 4) is 11.5 Å². The van der Waals surface area contributed by atoms with Gasteiger partial charge in [-0.2, -0.15) is 0 Å². The first kappa shape index (κ1) is 29.7. The first-order valence-corrected chi connectivity index (χ1v) is 12.4. The molecule has 0 spiro atoms. The van der Waals surface area contributed by atoms with Crippen molar-refractivity contribution in [1.82, 2.24) is 15.3 Å². The van der Waals surface area contributed by atoms with Crippen LogP contribution in [0.15, 0.2) is 42.9 Å². The normalized spacial score (nSPS) is 12.3. The number of amides is 1. The van der Waals surface area contributed by atoms with Crippen LogP contribution >= 0.6 is 69.6 Å². The molecule has 0 aliphatic rings. The van der Waals surface area contributed by atoms with Crippen LogP contribution < -0.4 is 10.1 Å². The van der Waals surface area contributed by atoms with Gasteiger partial charge in [0.2, 0.25) is 0 Å². The lowest BCUT2D eigenvalue weighted by molar-refractivity contribution is 0.0932. The number of halogens is 6. The number of carbonyl (C=O) groups excluding carboxylic acids is 1. The van der Waals surface area contributed by atoms with Crippen molar-refractivity contribution in [1.29, 1.82) is 0 Å². The van der Waals surface area contributed by atoms with Crippen molar-refractivity contribution < 1.29 is 14.6 Å². The molecule has 0 fully saturated rings. The maximum absolute atomic E-state index is 11.6. The van der Waals surface area contributed by atoms with Gasteiger partial charge in [-0.15, -0.1) is 0 Å². The third kappa shape index (κ3) is 9.14. The van der Waals surface area contributed by atoms with Crippen molar-refractivity contribution in [2.45, 2.75) is 13.8 Å². The first-order chi connectivity index (χ1) is 16.5. The van der Waals surface area contributed by atoms with Gasteiger partial charge in [-0.1, -0.05) is 83.5 Å². The number of aliphatic hydroxyl groups excluding tert-OH is 1. The van der Waals surface area contributed by atoms with E-state index in [-0.39, 0.29) is 55.9 Å². The highest BCUT2D eigenvalue weighted by Crippen LogP contribution is 2.44. The van der Waals surface area contributed by atoms with Gasteiger partial charge in [0.05, 0.1) is 26.3 Å². The number of rotatable bonds is 7. The van der Waals surface area contributed by atoms with E-state index in [1.165, 1.54) is 42.9 Å². The largest absolute Gasteiger partial charge is 0.451 e. The smallest absolute Gasteiger partial charge is 0.271 e. The van der Waals surface area contributed by atoms with E-state index < -0.39 is 0 Å². The Labute approximate surface area is 233 Å². The third-order valence-corrected chi connectivity index (χ3v) is 6.33. The Morgan fingerprint density at radius 2 is 1.37 bits per heavy atom. The van der Waals surface area contributed by atoms with Crippen molar-refractivity contribution in [2.24, 2.45) is 11.8 Å². The number of ether oxygens (including phenoxy) is 1. The number of aromatic nitrogens is 2. The molecule has 35 heavy (non-hydrogen) atoms. The summed E-state index contributed by atoms with van der Waals surface area (Å²) < 4.78 is 5.57. The molecule has 2 N–H and O–H groups in total. The minimum absolute atomic E-state index is 0.127. The summed E-state index contributed by atoms with van der Waals surface area (Å²) in [5.74, 6) is 0.607. The van der Waals surface area contributed by atoms with Crippen molar-refractivity contribution >= 4 is 75.5 Å². The zero-order valence-electron chi connectivity index (χ0n) is 18.5. The predicted octanol–water partition coefficient (Wildman–Crippen LogP) is 7.87. The summed E-state index contributed by atoms with van der Waals surface area (Å²) in [6, 6.07) is 6.01. The molecule has 1 aromatic heterocycles. The first-order valence-electron chi connectivity index (χ1n) is 10.2. The molecule has 2 atom stereocenters. The number of carbonyl (C=O) groups is 1. The van der Waals surface area contributed by atoms with Gasteiger partial charge in [-0.05, 0) is 36.1 Å². The van der Waals surface area contributed by atoms with Crippen molar-refractivity contribution in [3.63, 3.8) is 0 Å².